The molecule has 0 atom stereocenters. The van der Waals surface area contributed by atoms with Crippen LogP contribution in [-0.4, -0.2) is 30.6 Å². The molecule has 29 heavy (non-hydrogen) atoms. The van der Waals surface area contributed by atoms with Crippen LogP contribution in [0.25, 0.3) is 11.3 Å². The molecule has 1 heterocycles. The van der Waals surface area contributed by atoms with Gasteiger partial charge in [-0.3, -0.25) is 4.79 Å². The largest absolute Gasteiger partial charge is 0.494 e. The zero-order chi connectivity index (χ0) is 20.8. The molecular formula is C21H19FN2O4S. The normalized spacial score (nSPS) is 10.4. The number of amides is 1. The van der Waals surface area contributed by atoms with Crippen LogP contribution < -0.4 is 10.1 Å². The Morgan fingerprint density at radius 2 is 1.93 bits per heavy atom. The molecule has 3 rings (SSSR count). The molecule has 0 radical (unpaired) electrons. The van der Waals surface area contributed by atoms with Crippen molar-refractivity contribution in [3.8, 4) is 17.0 Å². The maximum atomic E-state index is 13.8. The van der Waals surface area contributed by atoms with Gasteiger partial charge in [0.05, 0.1) is 25.8 Å². The number of rotatable bonds is 7. The van der Waals surface area contributed by atoms with Crippen molar-refractivity contribution in [2.24, 2.45) is 0 Å². The zero-order valence-electron chi connectivity index (χ0n) is 15.9. The van der Waals surface area contributed by atoms with Gasteiger partial charge in [0.15, 0.2) is 16.7 Å². The number of benzene rings is 2. The molecule has 8 heteroatoms. The Labute approximate surface area is 171 Å². The van der Waals surface area contributed by atoms with E-state index in [0.717, 1.165) is 16.9 Å². The number of halogens is 1. The molecule has 0 spiro atoms. The second kappa shape index (κ2) is 9.29. The quantitative estimate of drug-likeness (QED) is 0.583. The lowest BCUT2D eigenvalue weighted by molar-refractivity contribution is -0.115. The number of ether oxygens (including phenoxy) is 2. The number of esters is 1. The number of nitrogens with one attached hydrogen (secondary N) is 1. The first-order valence-electron chi connectivity index (χ1n) is 8.87. The summed E-state index contributed by atoms with van der Waals surface area (Å²) in [4.78, 5) is 29.4. The lowest BCUT2D eigenvalue weighted by atomic mass is 10.1. The van der Waals surface area contributed by atoms with Crippen LogP contribution in [0.4, 0.5) is 9.52 Å². The number of carbonyl (C=O) groups is 2. The Morgan fingerprint density at radius 3 is 2.59 bits per heavy atom. The van der Waals surface area contributed by atoms with Gasteiger partial charge in [-0.2, -0.15) is 0 Å². The fourth-order valence-corrected chi connectivity index (χ4v) is 3.57. The van der Waals surface area contributed by atoms with E-state index in [1.165, 1.54) is 19.2 Å². The first-order valence-corrected chi connectivity index (χ1v) is 9.69. The van der Waals surface area contributed by atoms with Gasteiger partial charge in [0.2, 0.25) is 5.91 Å². The minimum atomic E-state index is -0.539. The van der Waals surface area contributed by atoms with Gasteiger partial charge < -0.3 is 14.8 Å². The molecule has 0 aliphatic carbocycles. The standard InChI is InChI=1S/C21H19FN2O4S/c1-3-28-20(26)19-18(14-7-5-4-6-8-14)24-21(29-19)23-17(25)12-13-9-10-16(27-2)15(22)11-13/h4-11H,3,12H2,1-2H3,(H,23,24,25). The Hall–Kier alpha value is -3.26. The van der Waals surface area contributed by atoms with E-state index in [1.54, 1.807) is 13.0 Å². The van der Waals surface area contributed by atoms with E-state index in [2.05, 4.69) is 10.3 Å². The van der Waals surface area contributed by atoms with Crippen LogP contribution in [0.15, 0.2) is 48.5 Å². The Kier molecular flexibility index (Phi) is 6.56. The van der Waals surface area contributed by atoms with Gasteiger partial charge in [-0.05, 0) is 24.6 Å². The van der Waals surface area contributed by atoms with Crippen molar-refractivity contribution in [2.45, 2.75) is 13.3 Å². The predicted octanol–water partition coefficient (Wildman–Crippen LogP) is 4.32. The summed E-state index contributed by atoms with van der Waals surface area (Å²) in [5.74, 6) is -1.30. The van der Waals surface area contributed by atoms with E-state index < -0.39 is 11.8 Å². The van der Waals surface area contributed by atoms with Crippen molar-refractivity contribution in [1.29, 1.82) is 0 Å². The summed E-state index contributed by atoms with van der Waals surface area (Å²) in [6.45, 7) is 1.95. The van der Waals surface area contributed by atoms with Crippen LogP contribution in [0.1, 0.15) is 22.2 Å². The van der Waals surface area contributed by atoms with Crippen molar-refractivity contribution in [3.05, 3.63) is 64.8 Å². The van der Waals surface area contributed by atoms with Crippen LogP contribution in [0.2, 0.25) is 0 Å². The monoisotopic (exact) mass is 414 g/mol. The van der Waals surface area contributed by atoms with Crippen molar-refractivity contribution >= 4 is 28.3 Å². The van der Waals surface area contributed by atoms with Gasteiger partial charge in [-0.25, -0.2) is 14.2 Å². The summed E-state index contributed by atoms with van der Waals surface area (Å²) in [6.07, 6.45) is -0.0457. The Morgan fingerprint density at radius 1 is 1.17 bits per heavy atom. The SMILES string of the molecule is CCOC(=O)c1sc(NC(=O)Cc2ccc(OC)c(F)c2)nc1-c1ccccc1. The molecule has 0 aliphatic rings. The third-order valence-corrected chi connectivity index (χ3v) is 4.91. The number of methoxy groups -OCH3 is 1. The summed E-state index contributed by atoms with van der Waals surface area (Å²) >= 11 is 1.04. The molecule has 0 unspecified atom stereocenters. The van der Waals surface area contributed by atoms with Crippen molar-refractivity contribution in [2.75, 3.05) is 19.0 Å². The molecule has 0 saturated heterocycles. The molecule has 0 fully saturated rings. The van der Waals surface area contributed by atoms with Crippen molar-refractivity contribution < 1.29 is 23.5 Å². The van der Waals surface area contributed by atoms with Crippen LogP contribution in [-0.2, 0) is 16.0 Å². The zero-order valence-corrected chi connectivity index (χ0v) is 16.7. The van der Waals surface area contributed by atoms with E-state index in [9.17, 15) is 14.0 Å². The van der Waals surface area contributed by atoms with Crippen molar-refractivity contribution in [1.82, 2.24) is 4.98 Å². The highest BCUT2D eigenvalue weighted by molar-refractivity contribution is 7.18. The van der Waals surface area contributed by atoms with Gasteiger partial charge in [-0.15, -0.1) is 0 Å². The summed E-state index contributed by atoms with van der Waals surface area (Å²) in [5, 5.41) is 2.94. The van der Waals surface area contributed by atoms with Crippen molar-refractivity contribution in [3.63, 3.8) is 0 Å². The molecule has 1 N–H and O–H groups in total. The first kappa shape index (κ1) is 20.5. The minimum absolute atomic E-state index is 0.0457. The highest BCUT2D eigenvalue weighted by atomic mass is 32.1. The number of hydrogen-bond acceptors (Lipinski definition) is 6. The van der Waals surface area contributed by atoms with Gasteiger partial charge in [0.1, 0.15) is 4.88 Å². The average Bonchev–Trinajstić information content (AvgIpc) is 3.13. The van der Waals surface area contributed by atoms with Crippen LogP contribution in [0.3, 0.4) is 0 Å². The van der Waals surface area contributed by atoms with Gasteiger partial charge in [-0.1, -0.05) is 47.7 Å². The van der Waals surface area contributed by atoms with Gasteiger partial charge in [0, 0.05) is 5.56 Å². The molecule has 3 aromatic rings. The third kappa shape index (κ3) is 4.97. The van der Waals surface area contributed by atoms with E-state index in [-0.39, 0.29) is 29.8 Å². The average molecular weight is 414 g/mol. The smallest absolute Gasteiger partial charge is 0.350 e. The number of carbonyl (C=O) groups excluding carboxylic acids is 2. The van der Waals surface area contributed by atoms with E-state index in [4.69, 9.17) is 9.47 Å². The Bertz CT molecular complexity index is 1020. The summed E-state index contributed by atoms with van der Waals surface area (Å²) < 4.78 is 23.8. The van der Waals surface area contributed by atoms with E-state index in [1.807, 2.05) is 30.3 Å². The summed E-state index contributed by atoms with van der Waals surface area (Å²) in [7, 11) is 1.37. The molecule has 6 nitrogen and oxygen atoms in total. The molecular weight excluding hydrogens is 395 g/mol. The molecule has 2 aromatic carbocycles. The van der Waals surface area contributed by atoms with Crippen LogP contribution in [0, 0.1) is 5.82 Å². The fourth-order valence-electron chi connectivity index (χ4n) is 2.67. The fraction of sp³-hybridized carbons (Fsp3) is 0.190. The maximum absolute atomic E-state index is 13.8. The van der Waals surface area contributed by atoms with Crippen LogP contribution in [0.5, 0.6) is 5.75 Å². The molecule has 1 amide bonds. The topological polar surface area (TPSA) is 77.5 Å². The number of anilines is 1. The lowest BCUT2D eigenvalue weighted by Gasteiger charge is -2.05. The molecule has 0 bridgehead atoms. The van der Waals surface area contributed by atoms with Gasteiger partial charge >= 0.3 is 5.97 Å². The first-order chi connectivity index (χ1) is 14.0. The van der Waals surface area contributed by atoms with E-state index in [0.29, 0.717) is 16.1 Å². The number of thiazole rings is 1. The third-order valence-electron chi connectivity index (χ3n) is 3.96. The summed E-state index contributed by atoms with van der Waals surface area (Å²) in [6, 6.07) is 13.5. The van der Waals surface area contributed by atoms with E-state index >= 15 is 0 Å². The van der Waals surface area contributed by atoms with Gasteiger partial charge in [0.25, 0.3) is 0 Å². The molecule has 1 aromatic heterocycles. The highest BCUT2D eigenvalue weighted by Gasteiger charge is 2.21. The minimum Gasteiger partial charge on any atom is -0.494 e. The predicted molar refractivity (Wildman–Crippen MR) is 109 cm³/mol. The molecule has 0 saturated carbocycles. The number of nitrogens with zero attached hydrogens (tertiary/aromatic N) is 1. The second-order valence-corrected chi connectivity index (χ2v) is 6.98. The number of hydrogen-bond donors (Lipinski definition) is 1. The Balaban J connectivity index is 1.80. The van der Waals surface area contributed by atoms with Crippen LogP contribution >= 0.6 is 11.3 Å². The molecule has 0 aliphatic heterocycles. The second-order valence-electron chi connectivity index (χ2n) is 5.98. The summed E-state index contributed by atoms with van der Waals surface area (Å²) in [5.41, 5.74) is 1.68. The lowest BCUT2D eigenvalue weighted by Crippen LogP contribution is -2.14. The number of aromatic nitrogens is 1. The maximum Gasteiger partial charge on any atom is 0.350 e. The molecule has 150 valence electrons. The highest BCUT2D eigenvalue weighted by Crippen LogP contribution is 2.32.